The lowest BCUT2D eigenvalue weighted by Crippen LogP contribution is -2.26. The number of rotatable bonds is 1. The molecule has 0 fully saturated rings. The Morgan fingerprint density at radius 2 is 2.06 bits per heavy atom. The van der Waals surface area contributed by atoms with Crippen molar-refractivity contribution in [2.75, 3.05) is 18.5 Å². The Balaban J connectivity index is 2.07. The van der Waals surface area contributed by atoms with Gasteiger partial charge in [0.25, 0.3) is 0 Å². The van der Waals surface area contributed by atoms with E-state index in [0.29, 0.717) is 5.92 Å². The second-order valence-corrected chi connectivity index (χ2v) is 5.29. The molecule has 0 radical (unpaired) electrons. The van der Waals surface area contributed by atoms with Crippen LogP contribution in [-0.4, -0.2) is 23.4 Å². The number of hydrogen-bond acceptors (Lipinski definition) is 2. The fraction of sp³-hybridized carbons (Fsp3) is 0.400. The number of aryl methyl sites for hydroxylation is 1. The zero-order valence-electron chi connectivity index (χ0n) is 11.2. The number of aromatic nitrogens is 2. The van der Waals surface area contributed by atoms with Gasteiger partial charge in [0.1, 0.15) is 0 Å². The Morgan fingerprint density at radius 3 is 2.78 bits per heavy atom. The molecule has 1 aromatic carbocycles. The largest absolute Gasteiger partial charge is 0.374 e. The van der Waals surface area contributed by atoms with Gasteiger partial charge in [-0.1, -0.05) is 13.0 Å². The van der Waals surface area contributed by atoms with Gasteiger partial charge in [-0.25, -0.2) is 0 Å². The molecular formula is C15H19N3. The molecule has 3 heteroatoms. The average Bonchev–Trinajstić information content (AvgIpc) is 2.80. The third kappa shape index (κ3) is 1.80. The van der Waals surface area contributed by atoms with Crippen molar-refractivity contribution in [3.05, 3.63) is 36.2 Å². The van der Waals surface area contributed by atoms with Gasteiger partial charge in [0.05, 0.1) is 6.20 Å². The molecule has 18 heavy (non-hydrogen) atoms. The molecule has 1 atom stereocenters. The van der Waals surface area contributed by atoms with Crippen LogP contribution in [0.15, 0.2) is 30.6 Å². The van der Waals surface area contributed by atoms with Crippen LogP contribution in [0, 0.1) is 0 Å². The van der Waals surface area contributed by atoms with Crippen LogP contribution in [0.4, 0.5) is 5.69 Å². The van der Waals surface area contributed by atoms with Crippen molar-refractivity contribution in [2.45, 2.75) is 19.3 Å². The maximum atomic E-state index is 4.25. The molecule has 2 heterocycles. The van der Waals surface area contributed by atoms with Crippen LogP contribution >= 0.6 is 0 Å². The normalized spacial score (nSPS) is 18.8. The molecule has 0 saturated carbocycles. The molecule has 0 spiro atoms. The molecule has 0 bridgehead atoms. The number of anilines is 1. The Bertz CT molecular complexity index is 571. The first-order chi connectivity index (χ1) is 8.65. The number of fused-ring (bicyclic) bond motifs is 1. The van der Waals surface area contributed by atoms with Gasteiger partial charge in [-0.15, -0.1) is 0 Å². The van der Waals surface area contributed by atoms with E-state index in [9.17, 15) is 0 Å². The van der Waals surface area contributed by atoms with Crippen LogP contribution in [0.25, 0.3) is 11.1 Å². The van der Waals surface area contributed by atoms with Crippen molar-refractivity contribution in [1.29, 1.82) is 0 Å². The molecule has 0 aliphatic carbocycles. The molecule has 1 aliphatic heterocycles. The highest BCUT2D eigenvalue weighted by Gasteiger charge is 2.20. The van der Waals surface area contributed by atoms with Gasteiger partial charge in [0.15, 0.2) is 0 Å². The molecule has 3 nitrogen and oxygen atoms in total. The molecule has 0 amide bonds. The minimum absolute atomic E-state index is 0.646. The lowest BCUT2D eigenvalue weighted by atomic mass is 9.89. The second kappa shape index (κ2) is 4.16. The summed E-state index contributed by atoms with van der Waals surface area (Å²) in [6.07, 6.45) is 5.23. The van der Waals surface area contributed by atoms with Gasteiger partial charge in [-0.3, -0.25) is 4.68 Å². The first kappa shape index (κ1) is 11.3. The summed E-state index contributed by atoms with van der Waals surface area (Å²) >= 11 is 0. The van der Waals surface area contributed by atoms with Crippen molar-refractivity contribution in [2.24, 2.45) is 7.05 Å². The van der Waals surface area contributed by atoms with Crippen molar-refractivity contribution in [3.8, 4) is 11.1 Å². The van der Waals surface area contributed by atoms with Crippen molar-refractivity contribution in [1.82, 2.24) is 9.78 Å². The SMILES string of the molecule is C[C@@H]1CCN(C)c2ccc(-c3cnn(C)c3)cc21. The number of nitrogens with zero attached hydrogens (tertiary/aromatic N) is 3. The van der Waals surface area contributed by atoms with Crippen LogP contribution in [0.5, 0.6) is 0 Å². The van der Waals surface area contributed by atoms with Gasteiger partial charge in [0, 0.05) is 38.1 Å². The maximum absolute atomic E-state index is 4.25. The van der Waals surface area contributed by atoms with Crippen LogP contribution < -0.4 is 4.90 Å². The summed E-state index contributed by atoms with van der Waals surface area (Å²) in [5, 5.41) is 4.25. The van der Waals surface area contributed by atoms with Gasteiger partial charge in [0.2, 0.25) is 0 Å². The smallest absolute Gasteiger partial charge is 0.0568 e. The second-order valence-electron chi connectivity index (χ2n) is 5.29. The quantitative estimate of drug-likeness (QED) is 0.765. The summed E-state index contributed by atoms with van der Waals surface area (Å²) in [5.74, 6) is 0.646. The van der Waals surface area contributed by atoms with E-state index >= 15 is 0 Å². The minimum atomic E-state index is 0.646. The zero-order valence-corrected chi connectivity index (χ0v) is 11.2. The van der Waals surface area contributed by atoms with E-state index in [0.717, 1.165) is 6.54 Å². The monoisotopic (exact) mass is 241 g/mol. The molecule has 1 aromatic heterocycles. The van der Waals surface area contributed by atoms with Gasteiger partial charge >= 0.3 is 0 Å². The maximum Gasteiger partial charge on any atom is 0.0568 e. The number of hydrogen-bond donors (Lipinski definition) is 0. The Kier molecular flexibility index (Phi) is 2.62. The highest BCUT2D eigenvalue weighted by Crippen LogP contribution is 2.36. The average molecular weight is 241 g/mol. The Morgan fingerprint density at radius 1 is 1.22 bits per heavy atom. The molecule has 0 saturated heterocycles. The van der Waals surface area contributed by atoms with E-state index < -0.39 is 0 Å². The van der Waals surface area contributed by atoms with Gasteiger partial charge < -0.3 is 4.90 Å². The summed E-state index contributed by atoms with van der Waals surface area (Å²) in [7, 11) is 4.13. The summed E-state index contributed by atoms with van der Waals surface area (Å²) in [4.78, 5) is 2.35. The van der Waals surface area contributed by atoms with Crippen molar-refractivity contribution >= 4 is 5.69 Å². The highest BCUT2D eigenvalue weighted by atomic mass is 15.2. The topological polar surface area (TPSA) is 21.1 Å². The Hall–Kier alpha value is -1.77. The molecule has 94 valence electrons. The van der Waals surface area contributed by atoms with Gasteiger partial charge in [-0.2, -0.15) is 5.10 Å². The molecule has 1 aliphatic rings. The number of benzene rings is 1. The van der Waals surface area contributed by atoms with Crippen LogP contribution in [0.3, 0.4) is 0 Å². The molecular weight excluding hydrogens is 222 g/mol. The fourth-order valence-corrected chi connectivity index (χ4v) is 2.71. The van der Waals surface area contributed by atoms with Gasteiger partial charge in [-0.05, 0) is 35.6 Å². The molecule has 3 rings (SSSR count). The zero-order chi connectivity index (χ0) is 12.7. The lowest BCUT2D eigenvalue weighted by molar-refractivity contribution is 0.637. The third-order valence-corrected chi connectivity index (χ3v) is 3.91. The summed E-state index contributed by atoms with van der Waals surface area (Å²) in [5.41, 5.74) is 5.30. The highest BCUT2D eigenvalue weighted by molar-refractivity contribution is 5.69. The van der Waals surface area contributed by atoms with E-state index in [2.05, 4.69) is 48.4 Å². The third-order valence-electron chi connectivity index (χ3n) is 3.91. The predicted molar refractivity (Wildman–Crippen MR) is 74.9 cm³/mol. The first-order valence-corrected chi connectivity index (χ1v) is 6.49. The predicted octanol–water partition coefficient (Wildman–Crippen LogP) is 3.03. The van der Waals surface area contributed by atoms with E-state index in [1.165, 1.54) is 28.8 Å². The fourth-order valence-electron chi connectivity index (χ4n) is 2.71. The lowest BCUT2D eigenvalue weighted by Gasteiger charge is -2.31. The summed E-state index contributed by atoms with van der Waals surface area (Å²) in [6.45, 7) is 3.47. The first-order valence-electron chi connectivity index (χ1n) is 6.49. The summed E-state index contributed by atoms with van der Waals surface area (Å²) in [6, 6.07) is 6.77. The van der Waals surface area contributed by atoms with E-state index in [1.54, 1.807) is 0 Å². The minimum Gasteiger partial charge on any atom is -0.374 e. The van der Waals surface area contributed by atoms with Crippen molar-refractivity contribution < 1.29 is 0 Å². The Labute approximate surface area is 108 Å². The standard InChI is InChI=1S/C15H19N3/c1-11-6-7-17(2)15-5-4-12(8-14(11)15)13-9-16-18(3)10-13/h4-5,8-11H,6-7H2,1-3H3/t11-/m1/s1. The van der Waals surface area contributed by atoms with E-state index in [4.69, 9.17) is 0 Å². The molecule has 0 N–H and O–H groups in total. The molecule has 0 unspecified atom stereocenters. The van der Waals surface area contributed by atoms with E-state index in [-0.39, 0.29) is 0 Å². The van der Waals surface area contributed by atoms with Crippen LogP contribution in [0.2, 0.25) is 0 Å². The molecule has 2 aromatic rings. The van der Waals surface area contributed by atoms with Crippen LogP contribution in [-0.2, 0) is 7.05 Å². The summed E-state index contributed by atoms with van der Waals surface area (Å²) < 4.78 is 1.85. The van der Waals surface area contributed by atoms with Crippen molar-refractivity contribution in [3.63, 3.8) is 0 Å². The van der Waals surface area contributed by atoms with E-state index in [1.807, 2.05) is 17.9 Å². The van der Waals surface area contributed by atoms with Crippen LogP contribution in [0.1, 0.15) is 24.8 Å².